The summed E-state index contributed by atoms with van der Waals surface area (Å²) in [5.74, 6) is 0. The Morgan fingerprint density at radius 1 is 1.29 bits per heavy atom. The summed E-state index contributed by atoms with van der Waals surface area (Å²) >= 11 is 0. The van der Waals surface area contributed by atoms with Gasteiger partial charge in [0.05, 0.1) is 4.90 Å². The minimum atomic E-state index is -3.56. The molecule has 0 spiro atoms. The molecule has 0 heterocycles. The molecule has 0 unspecified atom stereocenters. The monoisotopic (exact) mass is 214 g/mol. The van der Waals surface area contributed by atoms with Gasteiger partial charge >= 0.3 is 0 Å². The fourth-order valence-electron chi connectivity index (χ4n) is 1.12. The second kappa shape index (κ2) is 4.54. The first-order valence-corrected chi connectivity index (χ1v) is 5.85. The van der Waals surface area contributed by atoms with Gasteiger partial charge in [0.2, 0.25) is 10.0 Å². The molecule has 0 saturated carbocycles. The Hall–Kier alpha value is -0.910. The summed E-state index contributed by atoms with van der Waals surface area (Å²) in [6.07, 6.45) is 0.876. The molecule has 0 bridgehead atoms. The fourth-order valence-corrected chi connectivity index (χ4v) is 1.63. The van der Waals surface area contributed by atoms with Gasteiger partial charge in [0.1, 0.15) is 0 Å². The molecule has 1 rings (SSSR count). The van der Waals surface area contributed by atoms with Gasteiger partial charge in [-0.15, -0.1) is 0 Å². The lowest BCUT2D eigenvalue weighted by molar-refractivity contribution is 0.598. The molecule has 0 fully saturated rings. The summed E-state index contributed by atoms with van der Waals surface area (Å²) in [7, 11) is -1.68. The summed E-state index contributed by atoms with van der Waals surface area (Å²) in [5.41, 5.74) is 1.09. The van der Waals surface area contributed by atoms with E-state index in [1.165, 1.54) is 12.1 Å². The van der Waals surface area contributed by atoms with Crippen molar-refractivity contribution in [2.24, 2.45) is 5.14 Å². The van der Waals surface area contributed by atoms with Crippen LogP contribution in [-0.4, -0.2) is 22.0 Å². The Morgan fingerprint density at radius 2 is 1.86 bits per heavy atom. The Balaban J connectivity index is 2.79. The third-order valence-electron chi connectivity index (χ3n) is 1.92. The fraction of sp³-hybridized carbons (Fsp3) is 0.333. The Kier molecular flexibility index (Phi) is 3.62. The van der Waals surface area contributed by atoms with Crippen molar-refractivity contribution in [3.63, 3.8) is 0 Å². The van der Waals surface area contributed by atoms with Gasteiger partial charge in [-0.25, -0.2) is 13.6 Å². The van der Waals surface area contributed by atoms with Crippen molar-refractivity contribution in [1.82, 2.24) is 5.32 Å². The molecular weight excluding hydrogens is 200 g/mol. The lowest BCUT2D eigenvalue weighted by Crippen LogP contribution is -2.13. The zero-order valence-corrected chi connectivity index (χ0v) is 8.84. The molecule has 0 radical (unpaired) electrons. The van der Waals surface area contributed by atoms with Crippen molar-refractivity contribution in [2.45, 2.75) is 11.3 Å². The number of primary sulfonamides is 1. The van der Waals surface area contributed by atoms with Crippen molar-refractivity contribution in [2.75, 3.05) is 13.6 Å². The first kappa shape index (κ1) is 11.2. The molecule has 0 saturated heterocycles. The second-order valence-electron chi connectivity index (χ2n) is 3.04. The molecule has 78 valence electrons. The first-order valence-electron chi connectivity index (χ1n) is 4.30. The lowest BCUT2D eigenvalue weighted by atomic mass is 10.1. The number of sulfonamides is 1. The van der Waals surface area contributed by atoms with Crippen LogP contribution in [0.15, 0.2) is 29.2 Å². The quantitative estimate of drug-likeness (QED) is 0.746. The van der Waals surface area contributed by atoms with E-state index in [9.17, 15) is 8.42 Å². The molecule has 0 aliphatic heterocycles. The molecule has 0 aliphatic rings. The maximum atomic E-state index is 10.9. The highest BCUT2D eigenvalue weighted by Gasteiger charge is 2.05. The number of hydrogen-bond donors (Lipinski definition) is 2. The molecule has 0 atom stereocenters. The van der Waals surface area contributed by atoms with Gasteiger partial charge < -0.3 is 5.32 Å². The van der Waals surface area contributed by atoms with Crippen LogP contribution in [0.1, 0.15) is 5.56 Å². The normalized spacial score (nSPS) is 11.6. The van der Waals surface area contributed by atoms with E-state index in [4.69, 9.17) is 5.14 Å². The smallest absolute Gasteiger partial charge is 0.238 e. The molecule has 0 aliphatic carbocycles. The lowest BCUT2D eigenvalue weighted by Gasteiger charge is -2.02. The van der Waals surface area contributed by atoms with Crippen LogP contribution >= 0.6 is 0 Å². The Morgan fingerprint density at radius 3 is 2.29 bits per heavy atom. The highest BCUT2D eigenvalue weighted by atomic mass is 32.2. The standard InChI is InChI=1S/C9H14N2O2S/c1-11-7-6-8-2-4-9(5-3-8)14(10,12)13/h2-5,11H,6-7H2,1H3,(H2,10,12,13). The predicted octanol–water partition coefficient (Wildman–Crippen LogP) is 0.0959. The van der Waals surface area contributed by atoms with Gasteiger partial charge in [0.25, 0.3) is 0 Å². The summed E-state index contributed by atoms with van der Waals surface area (Å²) in [6.45, 7) is 0.870. The van der Waals surface area contributed by atoms with E-state index >= 15 is 0 Å². The minimum Gasteiger partial charge on any atom is -0.319 e. The SMILES string of the molecule is CNCCc1ccc(S(N)(=O)=O)cc1. The first-order chi connectivity index (χ1) is 6.54. The topological polar surface area (TPSA) is 72.2 Å². The molecule has 3 N–H and O–H groups in total. The van der Waals surface area contributed by atoms with Crippen LogP contribution in [0.5, 0.6) is 0 Å². The average molecular weight is 214 g/mol. The number of nitrogens with one attached hydrogen (secondary N) is 1. The van der Waals surface area contributed by atoms with Crippen LogP contribution in [0.2, 0.25) is 0 Å². The second-order valence-corrected chi connectivity index (χ2v) is 4.60. The Labute approximate surface area is 84.2 Å². The van der Waals surface area contributed by atoms with Crippen molar-refractivity contribution >= 4 is 10.0 Å². The number of nitrogens with two attached hydrogens (primary N) is 1. The number of likely N-dealkylation sites (N-methyl/N-ethyl adjacent to an activating group) is 1. The average Bonchev–Trinajstić information content (AvgIpc) is 2.14. The summed E-state index contributed by atoms with van der Waals surface area (Å²) in [6, 6.07) is 6.61. The summed E-state index contributed by atoms with van der Waals surface area (Å²) in [4.78, 5) is 0.158. The molecule has 0 amide bonds. The highest BCUT2D eigenvalue weighted by molar-refractivity contribution is 7.89. The van der Waals surface area contributed by atoms with E-state index in [2.05, 4.69) is 5.32 Å². The van der Waals surface area contributed by atoms with Crippen LogP contribution < -0.4 is 10.5 Å². The van der Waals surface area contributed by atoms with Crippen LogP contribution in [0.25, 0.3) is 0 Å². The zero-order valence-electron chi connectivity index (χ0n) is 8.03. The van der Waals surface area contributed by atoms with Gasteiger partial charge in [-0.05, 0) is 37.7 Å². The van der Waals surface area contributed by atoms with Crippen molar-refractivity contribution in [3.05, 3.63) is 29.8 Å². The van der Waals surface area contributed by atoms with E-state index in [1.54, 1.807) is 12.1 Å². The largest absolute Gasteiger partial charge is 0.319 e. The van der Waals surface area contributed by atoms with E-state index in [1.807, 2.05) is 7.05 Å². The van der Waals surface area contributed by atoms with E-state index in [0.717, 1.165) is 18.5 Å². The van der Waals surface area contributed by atoms with Crippen LogP contribution in [-0.2, 0) is 16.4 Å². The third kappa shape index (κ3) is 3.10. The molecule has 1 aromatic rings. The highest BCUT2D eigenvalue weighted by Crippen LogP contribution is 2.08. The summed E-state index contributed by atoms with van der Waals surface area (Å²) in [5, 5.41) is 7.98. The van der Waals surface area contributed by atoms with Crippen molar-refractivity contribution in [3.8, 4) is 0 Å². The van der Waals surface area contributed by atoms with Crippen LogP contribution in [0.4, 0.5) is 0 Å². The molecular formula is C9H14N2O2S. The van der Waals surface area contributed by atoms with Gasteiger partial charge in [-0.2, -0.15) is 0 Å². The maximum Gasteiger partial charge on any atom is 0.238 e. The number of benzene rings is 1. The molecule has 4 nitrogen and oxygen atoms in total. The molecule has 5 heteroatoms. The number of rotatable bonds is 4. The minimum absolute atomic E-state index is 0.158. The van der Waals surface area contributed by atoms with Gasteiger partial charge in [0, 0.05) is 0 Å². The van der Waals surface area contributed by atoms with E-state index in [0.29, 0.717) is 0 Å². The van der Waals surface area contributed by atoms with Gasteiger partial charge in [-0.1, -0.05) is 12.1 Å². The molecule has 0 aromatic heterocycles. The van der Waals surface area contributed by atoms with Crippen molar-refractivity contribution in [1.29, 1.82) is 0 Å². The molecule has 1 aromatic carbocycles. The van der Waals surface area contributed by atoms with Crippen molar-refractivity contribution < 1.29 is 8.42 Å². The number of hydrogen-bond acceptors (Lipinski definition) is 3. The maximum absolute atomic E-state index is 10.9. The zero-order chi connectivity index (χ0) is 10.6. The van der Waals surface area contributed by atoms with E-state index < -0.39 is 10.0 Å². The van der Waals surface area contributed by atoms with Crippen LogP contribution in [0, 0.1) is 0 Å². The van der Waals surface area contributed by atoms with Crippen LogP contribution in [0.3, 0.4) is 0 Å². The third-order valence-corrected chi connectivity index (χ3v) is 2.84. The summed E-state index contributed by atoms with van der Waals surface area (Å²) < 4.78 is 21.8. The Bertz CT molecular complexity index is 384. The van der Waals surface area contributed by atoms with E-state index in [-0.39, 0.29) is 4.90 Å². The van der Waals surface area contributed by atoms with Gasteiger partial charge in [0.15, 0.2) is 0 Å². The predicted molar refractivity (Wildman–Crippen MR) is 55.4 cm³/mol. The van der Waals surface area contributed by atoms with Gasteiger partial charge in [-0.3, -0.25) is 0 Å². The molecule has 14 heavy (non-hydrogen) atoms.